The van der Waals surface area contributed by atoms with Gasteiger partial charge in [-0.2, -0.15) is 0 Å². The summed E-state index contributed by atoms with van der Waals surface area (Å²) in [6.45, 7) is 4.80. The van der Waals surface area contributed by atoms with Gasteiger partial charge in [-0.05, 0) is 42.0 Å². The van der Waals surface area contributed by atoms with Gasteiger partial charge in [0.1, 0.15) is 5.82 Å². The summed E-state index contributed by atoms with van der Waals surface area (Å²) in [6.07, 6.45) is 4.59. The normalized spacial score (nSPS) is 15.1. The minimum atomic E-state index is -0.116. The molecule has 1 aliphatic heterocycles. The van der Waals surface area contributed by atoms with Crippen molar-refractivity contribution in [3.63, 3.8) is 0 Å². The van der Waals surface area contributed by atoms with E-state index in [9.17, 15) is 4.79 Å². The third kappa shape index (κ3) is 5.14. The van der Waals surface area contributed by atoms with E-state index in [2.05, 4.69) is 57.7 Å². The highest BCUT2D eigenvalue weighted by Gasteiger charge is 2.18. The molecule has 30 heavy (non-hydrogen) atoms. The Hall–Kier alpha value is -2.98. The van der Waals surface area contributed by atoms with Gasteiger partial charge in [0, 0.05) is 37.3 Å². The summed E-state index contributed by atoms with van der Waals surface area (Å²) in [6, 6.07) is 22.9. The first-order valence-electron chi connectivity index (χ1n) is 10.8. The maximum absolute atomic E-state index is 12.8. The molecule has 4 rings (SSSR count). The number of nitrogens with zero attached hydrogens (tertiary/aromatic N) is 2. The molecule has 0 fully saturated rings. The maximum Gasteiger partial charge on any atom is 0.228 e. The first-order chi connectivity index (χ1) is 14.7. The highest BCUT2D eigenvalue weighted by Crippen LogP contribution is 2.20. The second kappa shape index (κ2) is 9.68. The number of pyridine rings is 1. The third-order valence-electron chi connectivity index (χ3n) is 5.87. The van der Waals surface area contributed by atoms with E-state index >= 15 is 0 Å². The number of hydrogen-bond donors (Lipinski definition) is 1. The molecule has 1 amide bonds. The Labute approximate surface area is 179 Å². The first kappa shape index (κ1) is 20.3. The van der Waals surface area contributed by atoms with Gasteiger partial charge in [0.15, 0.2) is 0 Å². The van der Waals surface area contributed by atoms with Gasteiger partial charge < -0.3 is 5.32 Å². The Morgan fingerprint density at radius 3 is 2.33 bits per heavy atom. The Bertz CT molecular complexity index is 959. The van der Waals surface area contributed by atoms with E-state index in [4.69, 9.17) is 0 Å². The van der Waals surface area contributed by atoms with Gasteiger partial charge in [-0.1, -0.05) is 67.6 Å². The molecule has 154 valence electrons. The predicted octanol–water partition coefficient (Wildman–Crippen LogP) is 4.50. The summed E-state index contributed by atoms with van der Waals surface area (Å²) in [4.78, 5) is 19.7. The van der Waals surface area contributed by atoms with Crippen molar-refractivity contribution in [2.45, 2.75) is 32.7 Å². The zero-order chi connectivity index (χ0) is 20.8. The van der Waals surface area contributed by atoms with Crippen LogP contribution in [0.25, 0.3) is 0 Å². The summed E-state index contributed by atoms with van der Waals surface area (Å²) in [5.41, 5.74) is 5.15. The maximum atomic E-state index is 12.8. The van der Waals surface area contributed by atoms with Crippen LogP contribution in [0.3, 0.4) is 0 Å². The second-order valence-electron chi connectivity index (χ2n) is 8.14. The van der Waals surface area contributed by atoms with Crippen LogP contribution in [0.4, 0.5) is 5.82 Å². The van der Waals surface area contributed by atoms with Crippen molar-refractivity contribution in [1.29, 1.82) is 0 Å². The van der Waals surface area contributed by atoms with Gasteiger partial charge in [-0.3, -0.25) is 9.69 Å². The lowest BCUT2D eigenvalue weighted by Gasteiger charge is -2.21. The summed E-state index contributed by atoms with van der Waals surface area (Å²) >= 11 is 0. The molecule has 1 aliphatic rings. The molecule has 1 aromatic heterocycles. The van der Waals surface area contributed by atoms with Crippen LogP contribution in [0.1, 0.15) is 29.2 Å². The van der Waals surface area contributed by atoms with Gasteiger partial charge in [0.2, 0.25) is 5.91 Å². The number of nitrogens with one attached hydrogen (secondary N) is 1. The Kier molecular flexibility index (Phi) is 6.55. The number of carbonyl (C=O) groups excluding carboxylic acids is 1. The fraction of sp³-hybridized carbons (Fsp3) is 0.308. The molecule has 2 heterocycles. The lowest BCUT2D eigenvalue weighted by molar-refractivity contribution is -0.119. The average Bonchev–Trinajstić information content (AvgIpc) is 2.98. The lowest BCUT2D eigenvalue weighted by Crippen LogP contribution is -2.28. The molecule has 2 aromatic carbocycles. The number of hydrogen-bond acceptors (Lipinski definition) is 3. The van der Waals surface area contributed by atoms with Crippen molar-refractivity contribution in [3.05, 3.63) is 95.2 Å². The molecule has 1 atom stereocenters. The van der Waals surface area contributed by atoms with Crippen LogP contribution in [0, 0.1) is 5.92 Å². The summed E-state index contributed by atoms with van der Waals surface area (Å²) in [5, 5.41) is 3.08. The van der Waals surface area contributed by atoms with Gasteiger partial charge >= 0.3 is 0 Å². The number of fused-ring (bicyclic) bond motifs is 1. The van der Waals surface area contributed by atoms with E-state index in [0.717, 1.165) is 44.5 Å². The summed E-state index contributed by atoms with van der Waals surface area (Å²) in [5.74, 6) is 0.584. The molecule has 4 heteroatoms. The molecule has 0 radical (unpaired) electrons. The fourth-order valence-corrected chi connectivity index (χ4v) is 4.09. The zero-order valence-corrected chi connectivity index (χ0v) is 17.6. The number of benzene rings is 2. The first-order valence-corrected chi connectivity index (χ1v) is 10.8. The fourth-order valence-electron chi connectivity index (χ4n) is 4.09. The molecule has 0 spiro atoms. The number of carbonyl (C=O) groups is 1. The van der Waals surface area contributed by atoms with Crippen molar-refractivity contribution in [2.75, 3.05) is 18.4 Å². The Morgan fingerprint density at radius 2 is 1.63 bits per heavy atom. The number of amides is 1. The quantitative estimate of drug-likeness (QED) is 0.664. The highest BCUT2D eigenvalue weighted by molar-refractivity contribution is 5.92. The van der Waals surface area contributed by atoms with Crippen LogP contribution in [0.5, 0.6) is 0 Å². The smallest absolute Gasteiger partial charge is 0.228 e. The standard InChI is InChI=1S/C26H29N3O/c1-20(18-21-8-3-2-4-9-21)26(30)28-25-24(12-7-15-27-25)19-29-16-13-22-10-5-6-11-23(22)14-17-29/h2-12,15,20H,13-14,16-19H2,1H3,(H,27,28,30)/t20-/m1/s1. The Balaban J connectivity index is 1.39. The lowest BCUT2D eigenvalue weighted by atomic mass is 10.0. The third-order valence-corrected chi connectivity index (χ3v) is 5.87. The topological polar surface area (TPSA) is 45.2 Å². The molecule has 0 unspecified atom stereocenters. The van der Waals surface area contributed by atoms with Gasteiger partial charge in [-0.25, -0.2) is 4.98 Å². The summed E-state index contributed by atoms with van der Waals surface area (Å²) < 4.78 is 0. The van der Waals surface area contributed by atoms with Crippen molar-refractivity contribution in [2.24, 2.45) is 5.92 Å². The van der Waals surface area contributed by atoms with Gasteiger partial charge in [-0.15, -0.1) is 0 Å². The predicted molar refractivity (Wildman–Crippen MR) is 121 cm³/mol. The zero-order valence-electron chi connectivity index (χ0n) is 17.6. The number of anilines is 1. The van der Waals surface area contributed by atoms with E-state index in [0.29, 0.717) is 5.82 Å². The monoisotopic (exact) mass is 399 g/mol. The van der Waals surface area contributed by atoms with Crippen LogP contribution in [-0.4, -0.2) is 28.9 Å². The average molecular weight is 400 g/mol. The molecular formula is C26H29N3O. The molecule has 0 saturated carbocycles. The largest absolute Gasteiger partial charge is 0.310 e. The van der Waals surface area contributed by atoms with E-state index in [-0.39, 0.29) is 11.8 Å². The van der Waals surface area contributed by atoms with Crippen molar-refractivity contribution in [1.82, 2.24) is 9.88 Å². The molecule has 0 aliphatic carbocycles. The highest BCUT2D eigenvalue weighted by atomic mass is 16.1. The molecule has 0 bridgehead atoms. The number of aromatic nitrogens is 1. The molecule has 4 nitrogen and oxygen atoms in total. The number of rotatable bonds is 6. The molecule has 1 N–H and O–H groups in total. The molecular weight excluding hydrogens is 370 g/mol. The van der Waals surface area contributed by atoms with E-state index in [1.54, 1.807) is 6.20 Å². The SMILES string of the molecule is C[C@H](Cc1ccccc1)C(=O)Nc1ncccc1CN1CCc2ccccc2CC1. The molecule has 3 aromatic rings. The van der Waals surface area contributed by atoms with Crippen LogP contribution in [0.2, 0.25) is 0 Å². The van der Waals surface area contributed by atoms with E-state index in [1.165, 1.54) is 16.7 Å². The Morgan fingerprint density at radius 1 is 0.967 bits per heavy atom. The van der Waals surface area contributed by atoms with Crippen LogP contribution in [-0.2, 0) is 30.6 Å². The minimum Gasteiger partial charge on any atom is -0.310 e. The van der Waals surface area contributed by atoms with Crippen molar-refractivity contribution < 1.29 is 4.79 Å². The van der Waals surface area contributed by atoms with E-state index in [1.807, 2.05) is 31.2 Å². The van der Waals surface area contributed by atoms with Crippen LogP contribution >= 0.6 is 0 Å². The van der Waals surface area contributed by atoms with Crippen LogP contribution < -0.4 is 5.32 Å². The van der Waals surface area contributed by atoms with Gasteiger partial charge in [0.05, 0.1) is 0 Å². The van der Waals surface area contributed by atoms with E-state index < -0.39 is 0 Å². The minimum absolute atomic E-state index is 0.0158. The second-order valence-corrected chi connectivity index (χ2v) is 8.14. The van der Waals surface area contributed by atoms with Crippen molar-refractivity contribution >= 4 is 11.7 Å². The van der Waals surface area contributed by atoms with Crippen LogP contribution in [0.15, 0.2) is 72.9 Å². The summed E-state index contributed by atoms with van der Waals surface area (Å²) in [7, 11) is 0. The van der Waals surface area contributed by atoms with Crippen molar-refractivity contribution in [3.8, 4) is 0 Å². The molecule has 0 saturated heterocycles. The van der Waals surface area contributed by atoms with Gasteiger partial charge in [0.25, 0.3) is 0 Å².